The molecule has 0 fully saturated rings. The first-order valence-corrected chi connectivity index (χ1v) is 29.6. The number of esters is 3. The van der Waals surface area contributed by atoms with Gasteiger partial charge in [-0.3, -0.25) is 23.4 Å². The lowest BCUT2D eigenvalue weighted by Crippen LogP contribution is -2.30. The Hall–Kier alpha value is -4.38. The summed E-state index contributed by atoms with van der Waals surface area (Å²) < 4.78 is 39.4. The molecule has 0 spiro atoms. The van der Waals surface area contributed by atoms with Gasteiger partial charge in [0.25, 0.3) is 0 Å². The third kappa shape index (κ3) is 52.5. The molecule has 0 bridgehead atoms. The number of carbonyl (C=O) groups is 3. The van der Waals surface area contributed by atoms with Crippen LogP contribution in [0.5, 0.6) is 0 Å². The fourth-order valence-corrected chi connectivity index (χ4v) is 7.60. The number of allylic oxidation sites excluding steroid dienone is 22. The zero-order valence-corrected chi connectivity index (χ0v) is 46.9. The number of aliphatic hydroxyl groups excluding tert-OH is 1. The molecule has 0 saturated carbocycles. The largest absolute Gasteiger partial charge is 0.472 e. The van der Waals surface area contributed by atoms with E-state index in [4.69, 9.17) is 23.3 Å². The van der Waals surface area contributed by atoms with Crippen molar-refractivity contribution in [1.82, 2.24) is 0 Å². The van der Waals surface area contributed by atoms with Crippen LogP contribution in [0.1, 0.15) is 201 Å². The van der Waals surface area contributed by atoms with Crippen LogP contribution in [0.4, 0.5) is 0 Å². The fourth-order valence-electron chi connectivity index (χ4n) is 6.82. The smallest absolute Gasteiger partial charge is 0.462 e. The van der Waals surface area contributed by atoms with Crippen LogP contribution in [0.3, 0.4) is 0 Å². The van der Waals surface area contributed by atoms with E-state index < -0.39 is 57.8 Å². The number of rotatable bonds is 50. The molecular weight excluding hydrogens is 952 g/mol. The summed E-state index contributed by atoms with van der Waals surface area (Å²) in [6, 6.07) is 0. The highest BCUT2D eigenvalue weighted by Crippen LogP contribution is 2.43. The first-order chi connectivity index (χ1) is 36.2. The predicted octanol–water partition coefficient (Wildman–Crippen LogP) is 16.6. The SMILES string of the molecule is CC/C=C\C/C=C\C/C=C\C/C=C\C/C=C\CCCCCC(=O)OC(COC(=O)CCCC/C=C\C/C=C\C/C=C\C/C=C\CC)COP(=O)(O)OCC(CO)OC(=O)CCCCCCC/C=C\C/C=C\CCC. The minimum absolute atomic E-state index is 0.110. The van der Waals surface area contributed by atoms with Crippen molar-refractivity contribution in [3.05, 3.63) is 134 Å². The molecule has 0 rings (SSSR count). The minimum Gasteiger partial charge on any atom is -0.462 e. The molecule has 0 aliphatic rings. The summed E-state index contributed by atoms with van der Waals surface area (Å²) >= 11 is 0. The van der Waals surface area contributed by atoms with Crippen LogP contribution in [0.25, 0.3) is 0 Å². The quantitative estimate of drug-likeness (QED) is 0.0197. The Balaban J connectivity index is 4.89. The average molecular weight is 1050 g/mol. The summed E-state index contributed by atoms with van der Waals surface area (Å²) in [7, 11) is -4.78. The maximum absolute atomic E-state index is 12.9. The Morgan fingerprint density at radius 3 is 1.12 bits per heavy atom. The lowest BCUT2D eigenvalue weighted by molar-refractivity contribution is -0.161. The maximum atomic E-state index is 12.9. The summed E-state index contributed by atoms with van der Waals surface area (Å²) in [6.07, 6.45) is 68.4. The number of hydrogen-bond acceptors (Lipinski definition) is 10. The van der Waals surface area contributed by atoms with Gasteiger partial charge in [-0.15, -0.1) is 0 Å². The average Bonchev–Trinajstić information content (AvgIpc) is 3.39. The number of phosphoric acid groups is 1. The van der Waals surface area contributed by atoms with E-state index in [0.717, 1.165) is 141 Å². The van der Waals surface area contributed by atoms with Gasteiger partial charge in [-0.25, -0.2) is 4.57 Å². The molecular formula is C62H99O11P. The molecule has 12 heteroatoms. The normalized spacial score (nSPS) is 14.4. The molecule has 0 aromatic heterocycles. The van der Waals surface area contributed by atoms with Crippen LogP contribution in [0.2, 0.25) is 0 Å². The topological polar surface area (TPSA) is 155 Å². The van der Waals surface area contributed by atoms with Gasteiger partial charge in [-0.2, -0.15) is 0 Å². The van der Waals surface area contributed by atoms with Crippen LogP contribution < -0.4 is 0 Å². The summed E-state index contributed by atoms with van der Waals surface area (Å²) in [5.41, 5.74) is 0. The van der Waals surface area contributed by atoms with E-state index in [-0.39, 0.29) is 25.9 Å². The Labute approximate surface area is 449 Å². The van der Waals surface area contributed by atoms with Crippen LogP contribution in [-0.4, -0.2) is 66.5 Å². The predicted molar refractivity (Wildman–Crippen MR) is 306 cm³/mol. The zero-order chi connectivity index (χ0) is 54.1. The van der Waals surface area contributed by atoms with E-state index in [1.165, 1.54) is 0 Å². The van der Waals surface area contributed by atoms with E-state index in [0.29, 0.717) is 19.3 Å². The molecule has 0 radical (unpaired) electrons. The Morgan fingerprint density at radius 1 is 0.392 bits per heavy atom. The van der Waals surface area contributed by atoms with E-state index in [1.807, 2.05) is 0 Å². The lowest BCUT2D eigenvalue weighted by Gasteiger charge is -2.21. The summed E-state index contributed by atoms with van der Waals surface area (Å²) in [6.45, 7) is 4.22. The molecule has 0 aliphatic heterocycles. The van der Waals surface area contributed by atoms with Gasteiger partial charge in [-0.05, 0) is 128 Å². The Bertz CT molecular complexity index is 1750. The Morgan fingerprint density at radius 2 is 0.703 bits per heavy atom. The van der Waals surface area contributed by atoms with Crippen molar-refractivity contribution in [3.63, 3.8) is 0 Å². The number of aliphatic hydroxyl groups is 1. The van der Waals surface area contributed by atoms with Gasteiger partial charge >= 0.3 is 25.7 Å². The first kappa shape index (κ1) is 69.6. The lowest BCUT2D eigenvalue weighted by atomic mass is 10.1. The van der Waals surface area contributed by atoms with E-state index in [9.17, 15) is 28.9 Å². The van der Waals surface area contributed by atoms with Crippen LogP contribution in [0.15, 0.2) is 134 Å². The van der Waals surface area contributed by atoms with Crippen LogP contribution >= 0.6 is 7.82 Å². The highest BCUT2D eigenvalue weighted by atomic mass is 31.2. The number of carbonyl (C=O) groups excluding carboxylic acids is 3. The van der Waals surface area contributed by atoms with Crippen molar-refractivity contribution in [3.8, 4) is 0 Å². The minimum atomic E-state index is -4.78. The summed E-state index contributed by atoms with van der Waals surface area (Å²) in [5.74, 6) is -1.59. The van der Waals surface area contributed by atoms with Gasteiger partial charge < -0.3 is 24.2 Å². The van der Waals surface area contributed by atoms with E-state index >= 15 is 0 Å². The van der Waals surface area contributed by atoms with E-state index in [1.54, 1.807) is 0 Å². The molecule has 0 aromatic rings. The molecule has 0 heterocycles. The molecule has 0 saturated heterocycles. The van der Waals surface area contributed by atoms with Crippen molar-refractivity contribution in [2.75, 3.05) is 26.4 Å². The molecule has 0 amide bonds. The molecule has 2 N–H and O–H groups in total. The maximum Gasteiger partial charge on any atom is 0.472 e. The Kier molecular flexibility index (Phi) is 51.6. The second kappa shape index (κ2) is 54.9. The van der Waals surface area contributed by atoms with Crippen molar-refractivity contribution in [2.45, 2.75) is 213 Å². The van der Waals surface area contributed by atoms with Gasteiger partial charge in [0.05, 0.1) is 19.8 Å². The van der Waals surface area contributed by atoms with E-state index in [2.05, 4.69) is 154 Å². The van der Waals surface area contributed by atoms with Crippen molar-refractivity contribution in [2.24, 2.45) is 0 Å². The van der Waals surface area contributed by atoms with Crippen LogP contribution in [-0.2, 0) is 42.2 Å². The van der Waals surface area contributed by atoms with Gasteiger partial charge in [0, 0.05) is 19.3 Å². The molecule has 0 aromatic carbocycles. The highest BCUT2D eigenvalue weighted by Gasteiger charge is 2.28. The van der Waals surface area contributed by atoms with Crippen molar-refractivity contribution >= 4 is 25.7 Å². The third-order valence-electron chi connectivity index (χ3n) is 11.0. The monoisotopic (exact) mass is 1050 g/mol. The summed E-state index contributed by atoms with van der Waals surface area (Å²) in [5, 5.41) is 9.80. The van der Waals surface area contributed by atoms with Gasteiger partial charge in [0.15, 0.2) is 6.10 Å². The number of phosphoric ester groups is 1. The second-order valence-electron chi connectivity index (χ2n) is 18.0. The number of ether oxygens (including phenoxy) is 3. The zero-order valence-electron chi connectivity index (χ0n) is 46.0. The summed E-state index contributed by atoms with van der Waals surface area (Å²) in [4.78, 5) is 48.5. The molecule has 3 unspecified atom stereocenters. The van der Waals surface area contributed by atoms with Crippen LogP contribution in [0, 0.1) is 0 Å². The molecule has 418 valence electrons. The third-order valence-corrected chi connectivity index (χ3v) is 12.0. The first-order valence-electron chi connectivity index (χ1n) is 28.1. The van der Waals surface area contributed by atoms with Gasteiger partial charge in [0.1, 0.15) is 12.7 Å². The highest BCUT2D eigenvalue weighted by molar-refractivity contribution is 7.47. The molecule has 3 atom stereocenters. The molecule has 11 nitrogen and oxygen atoms in total. The molecule has 0 aliphatic carbocycles. The second-order valence-corrected chi connectivity index (χ2v) is 19.4. The molecule has 74 heavy (non-hydrogen) atoms. The fraction of sp³-hybridized carbons (Fsp3) is 0.597. The van der Waals surface area contributed by atoms with Crippen molar-refractivity contribution < 1.29 is 52.2 Å². The number of unbranched alkanes of at least 4 members (excludes halogenated alkanes) is 11. The van der Waals surface area contributed by atoms with Crippen molar-refractivity contribution in [1.29, 1.82) is 0 Å². The number of hydrogen-bond donors (Lipinski definition) is 2. The van der Waals surface area contributed by atoms with Gasteiger partial charge in [0.2, 0.25) is 0 Å². The van der Waals surface area contributed by atoms with Gasteiger partial charge in [-0.1, -0.05) is 187 Å². The standard InChI is InChI=1S/C62H99O11P/c1-4-7-10-13-16-19-22-25-27-28-29-30-32-35-38-41-44-47-50-53-62(66)73-59(55-69-60(64)51-48-45-42-39-36-34-31-26-23-20-17-14-11-8-5-2)57-71-74(67,68)70-56-58(54-63)72-61(65)52-49-46-43-40-37-33-24-21-18-15-12-9-6-3/h7-8,10-12,15-17,19-21,24-27,29-31,35-36,38-39,58-59,63H,4-6,9,13-14,18,22-23,28,32-34,37,40-57H2,1-3H3,(H,67,68)/b10-7-,11-8-,15-12-,19-16-,20-17-,24-21-,27-25-,30-29-,31-26-,38-35-,39-36-.